The van der Waals surface area contributed by atoms with Gasteiger partial charge in [-0.25, -0.2) is 9.59 Å². The highest BCUT2D eigenvalue weighted by Crippen LogP contribution is 2.49. The minimum absolute atomic E-state index is 0.0499. The van der Waals surface area contributed by atoms with Gasteiger partial charge in [0.05, 0.1) is 23.5 Å². The number of nitrogens with two attached hydrogens (primary N) is 1. The van der Waals surface area contributed by atoms with Gasteiger partial charge in [-0.3, -0.25) is 0 Å². The quantitative estimate of drug-likeness (QED) is 0.233. The van der Waals surface area contributed by atoms with Crippen LogP contribution in [0.5, 0.6) is 0 Å². The number of aliphatic hydroxyl groups is 2. The average molecular weight is 637 g/mol. The first-order chi connectivity index (χ1) is 22.7. The second-order valence-electron chi connectivity index (χ2n) is 11.8. The van der Waals surface area contributed by atoms with Gasteiger partial charge in [-0.1, -0.05) is 91.0 Å². The summed E-state index contributed by atoms with van der Waals surface area (Å²) < 4.78 is 16.9. The number of carbonyl (C=O) groups excluding carboxylic acids is 2. The lowest BCUT2D eigenvalue weighted by Gasteiger charge is -2.45. The van der Waals surface area contributed by atoms with Crippen molar-refractivity contribution in [2.45, 2.75) is 48.6 Å². The molecular formula is C37H38N3O7+. The normalized spacial score (nSPS) is 26.0. The molecule has 2 aliphatic heterocycles. The molecule has 5 atom stereocenters. The maximum Gasteiger partial charge on any atom is 0.459 e. The fourth-order valence-electron chi connectivity index (χ4n) is 6.95. The van der Waals surface area contributed by atoms with Gasteiger partial charge in [0.1, 0.15) is 24.2 Å². The minimum Gasteiger partial charge on any atom is -0.390 e. The van der Waals surface area contributed by atoms with Crippen molar-refractivity contribution >= 4 is 17.8 Å². The van der Waals surface area contributed by atoms with E-state index in [9.17, 15) is 19.8 Å². The van der Waals surface area contributed by atoms with E-state index in [0.717, 1.165) is 16.7 Å². The van der Waals surface area contributed by atoms with Crippen molar-refractivity contribution in [3.05, 3.63) is 144 Å². The van der Waals surface area contributed by atoms with E-state index in [1.807, 2.05) is 78.9 Å². The Balaban J connectivity index is 1.48. The largest absolute Gasteiger partial charge is 0.459 e. The van der Waals surface area contributed by atoms with Gasteiger partial charge >= 0.3 is 11.9 Å². The van der Waals surface area contributed by atoms with Gasteiger partial charge in [0.15, 0.2) is 5.79 Å². The second kappa shape index (κ2) is 12.9. The molecule has 3 aromatic carbocycles. The molecule has 10 nitrogen and oxygen atoms in total. The highest BCUT2D eigenvalue weighted by atomic mass is 16.7. The van der Waals surface area contributed by atoms with Crippen molar-refractivity contribution < 1.29 is 38.5 Å². The zero-order valence-electron chi connectivity index (χ0n) is 26.2. The molecule has 0 spiro atoms. The second-order valence-corrected chi connectivity index (χ2v) is 11.8. The Hall–Kier alpha value is -4.55. The van der Waals surface area contributed by atoms with E-state index >= 15 is 0 Å². The Morgan fingerprint density at radius 1 is 0.979 bits per heavy atom. The van der Waals surface area contributed by atoms with Gasteiger partial charge in [-0.05, 0) is 34.9 Å². The number of hydrogen-bond acceptors (Lipinski definition) is 8. The predicted molar refractivity (Wildman–Crippen MR) is 175 cm³/mol. The van der Waals surface area contributed by atoms with Crippen molar-refractivity contribution in [1.82, 2.24) is 0 Å². The average Bonchev–Trinajstić information content (AvgIpc) is 3.51. The number of methoxy groups -OCH3 is 2. The number of imide groups is 1. The molecule has 4 N–H and O–H groups in total. The van der Waals surface area contributed by atoms with E-state index in [1.54, 1.807) is 44.6 Å². The molecule has 1 fully saturated rings. The van der Waals surface area contributed by atoms with Gasteiger partial charge in [-0.2, -0.15) is 0 Å². The number of amides is 3. The molecule has 2 heterocycles. The number of carbonyl (C=O) groups is 2. The van der Waals surface area contributed by atoms with E-state index < -0.39 is 52.2 Å². The number of allylic oxidation sites excluding steroid dienone is 1. The molecule has 242 valence electrons. The monoisotopic (exact) mass is 636 g/mol. The maximum atomic E-state index is 14.1. The van der Waals surface area contributed by atoms with E-state index in [2.05, 4.69) is 4.99 Å². The molecular weight excluding hydrogens is 598 g/mol. The summed E-state index contributed by atoms with van der Waals surface area (Å²) in [5.41, 5.74) is 7.04. The van der Waals surface area contributed by atoms with Gasteiger partial charge in [-0.15, -0.1) is 9.48 Å². The van der Waals surface area contributed by atoms with Crippen LogP contribution in [-0.2, 0) is 19.6 Å². The number of ether oxygens (including phenoxy) is 3. The molecule has 0 bridgehead atoms. The van der Waals surface area contributed by atoms with Crippen LogP contribution in [0.3, 0.4) is 0 Å². The summed E-state index contributed by atoms with van der Waals surface area (Å²) in [5.74, 6) is -1.63. The van der Waals surface area contributed by atoms with E-state index in [0.29, 0.717) is 6.42 Å². The molecule has 3 amide bonds. The number of amidine groups is 1. The van der Waals surface area contributed by atoms with Crippen LogP contribution in [0.2, 0.25) is 0 Å². The number of benzene rings is 3. The first-order valence-electron chi connectivity index (χ1n) is 15.4. The molecule has 1 aliphatic carbocycles. The number of urea groups is 1. The standard InChI is InChI=1S/C37H37N3O7/c1-45-36(46-2)21-18-28(19-22-36)37(26-14-8-4-9-15-26,27-16-10-5-11-17-27)33(42)32-29(41)24-31(47-32)40(23-20-30(38)39-35(40)44)34(43)25-12-6-3-7-13-25/h3-21,23,29,31-33,41-42H,22,24H2,1-2H3,(H-,38,39,44)/p+1/t29-,31+,32-,33?,40?/m0/s1. The molecule has 47 heavy (non-hydrogen) atoms. The molecule has 0 saturated carbocycles. The van der Waals surface area contributed by atoms with Crippen LogP contribution in [0.25, 0.3) is 0 Å². The van der Waals surface area contributed by atoms with Crippen LogP contribution in [-0.4, -0.2) is 77.0 Å². The molecule has 2 unspecified atom stereocenters. The van der Waals surface area contributed by atoms with Crippen LogP contribution < -0.4 is 5.73 Å². The predicted octanol–water partition coefficient (Wildman–Crippen LogP) is 4.35. The van der Waals surface area contributed by atoms with Crippen molar-refractivity contribution in [2.24, 2.45) is 10.7 Å². The number of hydrogen-bond donors (Lipinski definition) is 3. The van der Waals surface area contributed by atoms with Crippen molar-refractivity contribution in [3.63, 3.8) is 0 Å². The molecule has 3 aliphatic rings. The lowest BCUT2D eigenvalue weighted by molar-refractivity contribution is -0.771. The molecule has 0 radical (unpaired) electrons. The highest BCUT2D eigenvalue weighted by Gasteiger charge is 2.61. The molecule has 1 saturated heterocycles. The third-order valence-electron chi connectivity index (χ3n) is 9.45. The minimum atomic E-state index is -1.41. The number of nitrogens with zero attached hydrogens (tertiary/aromatic N) is 2. The Bertz CT molecular complexity index is 1700. The fraction of sp³-hybridized carbons (Fsp3) is 0.270. The Kier molecular flexibility index (Phi) is 8.91. The SMILES string of the molecule is COC1(OC)C=CC(C(c2ccccc2)(c2ccccc2)C(O)[C@H]2O[C@@H]([N+]3(C(=O)c4ccccc4)C=CC(N)=NC3=O)C[C@@H]2O)=CC1. The molecule has 6 rings (SSSR count). The number of aliphatic imine (C=N–C) groups is 1. The van der Waals surface area contributed by atoms with Crippen molar-refractivity contribution in [1.29, 1.82) is 0 Å². The zero-order valence-corrected chi connectivity index (χ0v) is 26.2. The van der Waals surface area contributed by atoms with E-state index in [-0.39, 0.29) is 17.8 Å². The maximum absolute atomic E-state index is 14.1. The summed E-state index contributed by atoms with van der Waals surface area (Å²) in [7, 11) is 3.13. The third kappa shape index (κ3) is 5.39. The molecule has 0 aromatic heterocycles. The van der Waals surface area contributed by atoms with Gasteiger partial charge in [0.25, 0.3) is 0 Å². The van der Waals surface area contributed by atoms with Crippen molar-refractivity contribution in [3.8, 4) is 0 Å². The van der Waals surface area contributed by atoms with Crippen LogP contribution >= 0.6 is 0 Å². The Labute approximate surface area is 273 Å². The van der Waals surface area contributed by atoms with Gasteiger partial charge in [0, 0.05) is 26.7 Å². The van der Waals surface area contributed by atoms with Crippen LogP contribution in [0.1, 0.15) is 34.3 Å². The van der Waals surface area contributed by atoms with Gasteiger partial charge in [0.2, 0.25) is 6.23 Å². The van der Waals surface area contributed by atoms with Crippen LogP contribution in [0, 0.1) is 0 Å². The number of quaternary nitrogens is 1. The fourth-order valence-corrected chi connectivity index (χ4v) is 6.95. The molecule has 10 heteroatoms. The lowest BCUT2D eigenvalue weighted by Crippen LogP contribution is -2.60. The van der Waals surface area contributed by atoms with Crippen molar-refractivity contribution in [2.75, 3.05) is 14.2 Å². The topological polar surface area (TPSA) is 141 Å². The Morgan fingerprint density at radius 2 is 1.55 bits per heavy atom. The summed E-state index contributed by atoms with van der Waals surface area (Å²) in [6.45, 7) is 0. The molecule has 3 aromatic rings. The lowest BCUT2D eigenvalue weighted by atomic mass is 9.62. The summed E-state index contributed by atoms with van der Waals surface area (Å²) >= 11 is 0. The smallest absolute Gasteiger partial charge is 0.390 e. The van der Waals surface area contributed by atoms with E-state index in [4.69, 9.17) is 19.9 Å². The first kappa shape index (κ1) is 32.4. The zero-order chi connectivity index (χ0) is 33.2. The van der Waals surface area contributed by atoms with Gasteiger partial charge < -0.3 is 30.2 Å². The highest BCUT2D eigenvalue weighted by molar-refractivity contribution is 6.05. The third-order valence-corrected chi connectivity index (χ3v) is 9.45. The Morgan fingerprint density at radius 3 is 2.06 bits per heavy atom. The summed E-state index contributed by atoms with van der Waals surface area (Å²) in [5, 5.41) is 24.4. The first-order valence-corrected chi connectivity index (χ1v) is 15.4. The summed E-state index contributed by atoms with van der Waals surface area (Å²) in [6, 6.07) is 26.5. The van der Waals surface area contributed by atoms with E-state index in [1.165, 1.54) is 12.3 Å². The van der Waals surface area contributed by atoms with Crippen LogP contribution in [0.15, 0.2) is 132 Å². The number of aliphatic hydroxyl groups excluding tert-OH is 2. The van der Waals surface area contributed by atoms with Crippen LogP contribution in [0.4, 0.5) is 4.79 Å². The summed E-state index contributed by atoms with van der Waals surface area (Å²) in [6.07, 6.45) is 3.43. The summed E-state index contributed by atoms with van der Waals surface area (Å²) in [4.78, 5) is 31.7. The number of rotatable bonds is 9.